The first kappa shape index (κ1) is 7.13. The van der Waals surface area contributed by atoms with Crippen molar-refractivity contribution in [3.05, 3.63) is 29.1 Å². The van der Waals surface area contributed by atoms with E-state index in [4.69, 9.17) is 0 Å². The molecule has 10 heavy (non-hydrogen) atoms. The minimum atomic E-state index is 1.23. The molecule has 1 heteroatoms. The van der Waals surface area contributed by atoms with E-state index in [9.17, 15) is 0 Å². The van der Waals surface area contributed by atoms with E-state index in [1.165, 1.54) is 17.0 Å². The van der Waals surface area contributed by atoms with E-state index >= 15 is 0 Å². The lowest BCUT2D eigenvalue weighted by molar-refractivity contribution is 1.19. The smallest absolute Gasteiger partial charge is 0.0191 e. The van der Waals surface area contributed by atoms with Crippen molar-refractivity contribution in [1.82, 2.24) is 4.98 Å². The molecule has 0 unspecified atom stereocenters. The summed E-state index contributed by atoms with van der Waals surface area (Å²) in [7, 11) is 0. The molecule has 1 heterocycles. The number of rotatable bonds is 1. The number of nitrogens with one attached hydrogen (secondary N) is 1. The number of aromatic nitrogens is 1. The largest absolute Gasteiger partial charge is 0.362 e. The third-order valence-electron chi connectivity index (χ3n) is 1.54. The van der Waals surface area contributed by atoms with Gasteiger partial charge in [-0.25, -0.2) is 0 Å². The molecule has 0 radical (unpaired) electrons. The zero-order chi connectivity index (χ0) is 7.56. The summed E-state index contributed by atoms with van der Waals surface area (Å²) in [6.07, 6.45) is 4.16. The van der Waals surface area contributed by atoms with Gasteiger partial charge < -0.3 is 4.98 Å². The summed E-state index contributed by atoms with van der Waals surface area (Å²) in [6, 6.07) is 2.15. The maximum absolute atomic E-state index is 3.24. The average Bonchev–Trinajstić information content (AvgIpc) is 2.13. The van der Waals surface area contributed by atoms with E-state index in [1.54, 1.807) is 0 Å². The summed E-state index contributed by atoms with van der Waals surface area (Å²) < 4.78 is 0. The maximum atomic E-state index is 3.24. The Morgan fingerprint density at radius 3 is 2.50 bits per heavy atom. The topological polar surface area (TPSA) is 15.8 Å². The summed E-state index contributed by atoms with van der Waals surface area (Å²) in [4.78, 5) is 3.24. The molecule has 1 aromatic heterocycles. The Morgan fingerprint density at radius 1 is 1.40 bits per heavy atom. The van der Waals surface area contributed by atoms with Gasteiger partial charge in [0.25, 0.3) is 0 Å². The van der Waals surface area contributed by atoms with Gasteiger partial charge in [0.05, 0.1) is 0 Å². The van der Waals surface area contributed by atoms with Crippen LogP contribution in [0.15, 0.2) is 12.1 Å². The van der Waals surface area contributed by atoms with Crippen molar-refractivity contribution in [1.29, 1.82) is 0 Å². The van der Waals surface area contributed by atoms with E-state index in [0.29, 0.717) is 0 Å². The second kappa shape index (κ2) is 2.74. The Kier molecular flexibility index (Phi) is 1.95. The van der Waals surface area contributed by atoms with Crippen LogP contribution in [0.3, 0.4) is 0 Å². The van der Waals surface area contributed by atoms with Gasteiger partial charge in [0.15, 0.2) is 0 Å². The van der Waals surface area contributed by atoms with Gasteiger partial charge in [0.2, 0.25) is 0 Å². The number of aromatic amines is 1. The quantitative estimate of drug-likeness (QED) is 0.609. The highest BCUT2D eigenvalue weighted by Gasteiger charge is 1.95. The van der Waals surface area contributed by atoms with Crippen LogP contribution >= 0.6 is 0 Å². The number of aryl methyl sites for hydroxylation is 2. The first-order chi connectivity index (χ1) is 4.74. The molecule has 1 rings (SSSR count). The molecule has 0 saturated heterocycles. The molecule has 1 aromatic rings. The van der Waals surface area contributed by atoms with Crippen LogP contribution in [0.5, 0.6) is 0 Å². The zero-order valence-corrected chi connectivity index (χ0v) is 6.73. The molecule has 0 aliphatic heterocycles. The molecule has 0 spiro atoms. The molecule has 0 aliphatic carbocycles. The monoisotopic (exact) mass is 135 g/mol. The number of hydrogen-bond acceptors (Lipinski definition) is 0. The van der Waals surface area contributed by atoms with Crippen molar-refractivity contribution in [2.75, 3.05) is 0 Å². The number of hydrogen-bond donors (Lipinski definition) is 1. The van der Waals surface area contributed by atoms with Crippen molar-refractivity contribution in [3.63, 3.8) is 0 Å². The van der Waals surface area contributed by atoms with Crippen molar-refractivity contribution >= 4 is 6.08 Å². The Bertz CT molecular complexity index is 243. The molecule has 0 aliphatic rings. The fraction of sp³-hybridized carbons (Fsp3) is 0.333. The molecule has 1 nitrogen and oxygen atoms in total. The second-order valence-electron chi connectivity index (χ2n) is 2.53. The summed E-state index contributed by atoms with van der Waals surface area (Å²) in [5, 5.41) is 0. The highest BCUT2D eigenvalue weighted by atomic mass is 14.7. The summed E-state index contributed by atoms with van der Waals surface area (Å²) in [5.41, 5.74) is 3.77. The standard InChI is InChI=1S/C9H13N/c1-4-5-9-6-7(2)10-8(9)3/h4-6,10H,1-3H3. The first-order valence-electron chi connectivity index (χ1n) is 3.53. The van der Waals surface area contributed by atoms with E-state index in [0.717, 1.165) is 0 Å². The zero-order valence-electron chi connectivity index (χ0n) is 6.73. The Balaban J connectivity index is 3.03. The molecular weight excluding hydrogens is 122 g/mol. The van der Waals surface area contributed by atoms with Crippen molar-refractivity contribution in [2.45, 2.75) is 20.8 Å². The Hall–Kier alpha value is -0.980. The number of allylic oxidation sites excluding steroid dienone is 1. The lowest BCUT2D eigenvalue weighted by Gasteiger charge is -1.85. The summed E-state index contributed by atoms with van der Waals surface area (Å²) in [5.74, 6) is 0. The van der Waals surface area contributed by atoms with E-state index in [2.05, 4.69) is 37.0 Å². The maximum Gasteiger partial charge on any atom is 0.0191 e. The Morgan fingerprint density at radius 2 is 2.10 bits per heavy atom. The third kappa shape index (κ3) is 1.29. The molecule has 0 bridgehead atoms. The average molecular weight is 135 g/mol. The van der Waals surface area contributed by atoms with Gasteiger partial charge in [-0.05, 0) is 32.4 Å². The van der Waals surface area contributed by atoms with Crippen LogP contribution in [0, 0.1) is 13.8 Å². The molecule has 0 saturated carbocycles. The normalized spacial score (nSPS) is 11.1. The first-order valence-corrected chi connectivity index (χ1v) is 3.53. The predicted octanol–water partition coefficient (Wildman–Crippen LogP) is 2.66. The van der Waals surface area contributed by atoms with Crippen LogP contribution in [0.1, 0.15) is 23.9 Å². The van der Waals surface area contributed by atoms with E-state index in [-0.39, 0.29) is 0 Å². The molecule has 0 atom stereocenters. The van der Waals surface area contributed by atoms with Gasteiger partial charge in [-0.1, -0.05) is 12.2 Å². The van der Waals surface area contributed by atoms with Crippen LogP contribution < -0.4 is 0 Å². The lowest BCUT2D eigenvalue weighted by Crippen LogP contribution is -1.72. The predicted molar refractivity (Wildman–Crippen MR) is 45.0 cm³/mol. The molecule has 0 amide bonds. The van der Waals surface area contributed by atoms with Gasteiger partial charge in [-0.2, -0.15) is 0 Å². The summed E-state index contributed by atoms with van der Waals surface area (Å²) in [6.45, 7) is 6.18. The molecular formula is C9H13N. The van der Waals surface area contributed by atoms with Crippen LogP contribution in [0.2, 0.25) is 0 Å². The van der Waals surface area contributed by atoms with Crippen LogP contribution in [-0.2, 0) is 0 Å². The minimum Gasteiger partial charge on any atom is -0.362 e. The van der Waals surface area contributed by atoms with E-state index in [1.807, 2.05) is 6.92 Å². The second-order valence-corrected chi connectivity index (χ2v) is 2.53. The third-order valence-corrected chi connectivity index (χ3v) is 1.54. The summed E-state index contributed by atoms with van der Waals surface area (Å²) >= 11 is 0. The van der Waals surface area contributed by atoms with Gasteiger partial charge in [0.1, 0.15) is 0 Å². The van der Waals surface area contributed by atoms with Crippen LogP contribution in [0.4, 0.5) is 0 Å². The fourth-order valence-electron chi connectivity index (χ4n) is 1.10. The fourth-order valence-corrected chi connectivity index (χ4v) is 1.10. The molecule has 0 aromatic carbocycles. The van der Waals surface area contributed by atoms with E-state index < -0.39 is 0 Å². The highest BCUT2D eigenvalue weighted by molar-refractivity contribution is 5.52. The van der Waals surface area contributed by atoms with Crippen molar-refractivity contribution in [3.8, 4) is 0 Å². The highest BCUT2D eigenvalue weighted by Crippen LogP contribution is 2.10. The van der Waals surface area contributed by atoms with Gasteiger partial charge in [0, 0.05) is 11.4 Å². The van der Waals surface area contributed by atoms with Gasteiger partial charge in [-0.3, -0.25) is 0 Å². The number of H-pyrrole nitrogens is 1. The van der Waals surface area contributed by atoms with Crippen molar-refractivity contribution < 1.29 is 0 Å². The SMILES string of the molecule is CC=Cc1cc(C)[nH]c1C. The van der Waals surface area contributed by atoms with Gasteiger partial charge >= 0.3 is 0 Å². The molecule has 1 N–H and O–H groups in total. The van der Waals surface area contributed by atoms with Crippen LogP contribution in [-0.4, -0.2) is 4.98 Å². The minimum absolute atomic E-state index is 1.23. The Labute approximate surface area is 61.8 Å². The molecule has 54 valence electrons. The van der Waals surface area contributed by atoms with Crippen molar-refractivity contribution in [2.24, 2.45) is 0 Å². The lowest BCUT2D eigenvalue weighted by atomic mass is 10.2. The molecule has 0 fully saturated rings. The van der Waals surface area contributed by atoms with Crippen LogP contribution in [0.25, 0.3) is 6.08 Å². The van der Waals surface area contributed by atoms with Gasteiger partial charge in [-0.15, -0.1) is 0 Å².